The van der Waals surface area contributed by atoms with Gasteiger partial charge in [0.25, 0.3) is 0 Å². The highest BCUT2D eigenvalue weighted by atomic mass is 13.8. The molecule has 0 heterocycles. The van der Waals surface area contributed by atoms with Gasteiger partial charge in [-0.1, -0.05) is 78.5 Å². The highest BCUT2D eigenvalue weighted by Gasteiger charge is 1.68. The summed E-state index contributed by atoms with van der Waals surface area (Å²) in [6.45, 7) is 27.1. The molecule has 0 unspecified atom stereocenters. The minimum absolute atomic E-state index is 1.15. The van der Waals surface area contributed by atoms with Gasteiger partial charge in [-0.05, 0) is 6.92 Å². The topological polar surface area (TPSA) is 0 Å². The molecule has 0 saturated carbocycles. The molecule has 15 heavy (non-hydrogen) atoms. The number of hydrogen-bond acceptors (Lipinski definition) is 0. The van der Waals surface area contributed by atoms with Gasteiger partial charge >= 0.3 is 0 Å². The van der Waals surface area contributed by atoms with E-state index >= 15 is 0 Å². The lowest BCUT2D eigenvalue weighted by molar-refractivity contribution is 1.50. The van der Waals surface area contributed by atoms with Gasteiger partial charge in [-0.2, -0.15) is 0 Å². The van der Waals surface area contributed by atoms with E-state index in [0.29, 0.717) is 0 Å². The average molecular weight is 212 g/mol. The van der Waals surface area contributed by atoms with Crippen molar-refractivity contribution in [1.29, 1.82) is 0 Å². The van der Waals surface area contributed by atoms with Crippen LogP contribution in [-0.2, 0) is 0 Å². The smallest absolute Gasteiger partial charge is 0.0398 e. The molecule has 0 aromatic heterocycles. The first-order valence-electron chi connectivity index (χ1n) is 5.73. The van der Waals surface area contributed by atoms with Crippen LogP contribution >= 0.6 is 0 Å². The van der Waals surface area contributed by atoms with Crippen LogP contribution < -0.4 is 0 Å². The maximum atomic E-state index is 3.56. The fourth-order valence-electron chi connectivity index (χ4n) is 0.254. The van der Waals surface area contributed by atoms with E-state index in [2.05, 4.69) is 26.3 Å². The van der Waals surface area contributed by atoms with Crippen molar-refractivity contribution >= 4 is 0 Å². The zero-order chi connectivity index (χ0) is 13.7. The molecule has 0 fully saturated rings. The molecule has 0 atom stereocenters. The minimum atomic E-state index is 1.15. The summed E-state index contributed by atoms with van der Waals surface area (Å²) in [5.74, 6) is 0. The predicted octanol–water partition coefficient (Wildman–Crippen LogP) is 6.19. The molecule has 0 rings (SSSR count). The largest absolute Gasteiger partial charge is 0.106 e. The van der Waals surface area contributed by atoms with E-state index in [-0.39, 0.29) is 0 Å². The molecule has 0 N–H and O–H groups in total. The molecule has 0 aromatic carbocycles. The fraction of sp³-hybridized carbons (Fsp3) is 0.467. The van der Waals surface area contributed by atoms with E-state index in [1.54, 1.807) is 12.2 Å². The van der Waals surface area contributed by atoms with Crippen molar-refractivity contribution in [3.05, 3.63) is 50.1 Å². The Kier molecular flexibility index (Phi) is 147. The molecular formula is C15H32. The predicted molar refractivity (Wildman–Crippen MR) is 79.4 cm³/mol. The van der Waals surface area contributed by atoms with Crippen LogP contribution in [0.4, 0.5) is 0 Å². The number of hydrogen-bond donors (Lipinski definition) is 0. The zero-order valence-electron chi connectivity index (χ0n) is 12.1. The molecule has 0 saturated heterocycles. The van der Waals surface area contributed by atoms with Gasteiger partial charge in [-0.15, -0.1) is 13.2 Å². The molecule has 0 heteroatoms. The monoisotopic (exact) mass is 212 g/mol. The fourth-order valence-corrected chi connectivity index (χ4v) is 0.254. The second-order valence-corrected chi connectivity index (χ2v) is 1.35. The van der Waals surface area contributed by atoms with E-state index in [1.807, 2.05) is 54.5 Å². The first-order chi connectivity index (χ1) is 7.31. The van der Waals surface area contributed by atoms with Gasteiger partial charge in [-0.25, -0.2) is 0 Å². The second kappa shape index (κ2) is 75.4. The number of allylic oxidation sites excluding steroid dienone is 4. The van der Waals surface area contributed by atoms with Gasteiger partial charge < -0.3 is 0 Å². The van der Waals surface area contributed by atoms with Crippen LogP contribution in [-0.4, -0.2) is 0 Å². The van der Waals surface area contributed by atoms with Crippen molar-refractivity contribution in [1.82, 2.24) is 0 Å². The van der Waals surface area contributed by atoms with Crippen LogP contribution in [0.25, 0.3) is 0 Å². The molecule has 0 aliphatic rings. The summed E-state index contributed by atoms with van der Waals surface area (Å²) in [6.07, 6.45) is 5.45. The van der Waals surface area contributed by atoms with E-state index in [0.717, 1.165) is 5.57 Å². The first-order valence-corrected chi connectivity index (χ1v) is 5.73. The summed E-state index contributed by atoms with van der Waals surface area (Å²) in [5.41, 5.74) is 1.15. The van der Waals surface area contributed by atoms with Crippen molar-refractivity contribution in [2.75, 3.05) is 0 Å². The van der Waals surface area contributed by atoms with Gasteiger partial charge in [0.1, 0.15) is 0 Å². The Balaban J connectivity index is -0.0000000353. The highest BCUT2D eigenvalue weighted by Crippen LogP contribution is 1.90. The van der Waals surface area contributed by atoms with Crippen LogP contribution in [0.3, 0.4) is 0 Å². The maximum absolute atomic E-state index is 3.56. The maximum Gasteiger partial charge on any atom is -0.0398 e. The van der Waals surface area contributed by atoms with Crippen LogP contribution in [0.1, 0.15) is 48.5 Å². The molecule has 0 radical (unpaired) electrons. The third-order valence-corrected chi connectivity index (χ3v) is 0.703. The molecule has 92 valence electrons. The third kappa shape index (κ3) is 99.3. The second-order valence-electron chi connectivity index (χ2n) is 1.35. The summed E-state index contributed by atoms with van der Waals surface area (Å²) in [6, 6.07) is 0. The van der Waals surface area contributed by atoms with E-state index in [4.69, 9.17) is 0 Å². The lowest BCUT2D eigenvalue weighted by Gasteiger charge is -1.80. The van der Waals surface area contributed by atoms with Crippen molar-refractivity contribution in [2.45, 2.75) is 48.5 Å². The molecular weight excluding hydrogens is 180 g/mol. The Morgan fingerprint density at radius 2 is 1.07 bits per heavy atom. The van der Waals surface area contributed by atoms with E-state index < -0.39 is 0 Å². The Bertz CT molecular complexity index is 107. The SMILES string of the molecule is C=C.C=C/C=C(/C)C=C.CC.CC.CC. The highest BCUT2D eigenvalue weighted by molar-refractivity contribution is 5.17. The average Bonchev–Trinajstić information content (AvgIpc) is 2.39. The van der Waals surface area contributed by atoms with Crippen molar-refractivity contribution in [2.24, 2.45) is 0 Å². The van der Waals surface area contributed by atoms with Gasteiger partial charge in [-0.3, -0.25) is 0 Å². The van der Waals surface area contributed by atoms with Crippen LogP contribution in [0.15, 0.2) is 50.1 Å². The molecule has 0 aliphatic carbocycles. The summed E-state index contributed by atoms with van der Waals surface area (Å²) >= 11 is 0. The van der Waals surface area contributed by atoms with Gasteiger partial charge in [0.2, 0.25) is 0 Å². The third-order valence-electron chi connectivity index (χ3n) is 0.703. The summed E-state index contributed by atoms with van der Waals surface area (Å²) in [7, 11) is 0. The van der Waals surface area contributed by atoms with Gasteiger partial charge in [0, 0.05) is 0 Å². The summed E-state index contributed by atoms with van der Waals surface area (Å²) in [5, 5.41) is 0. The van der Waals surface area contributed by atoms with Crippen LogP contribution in [0.5, 0.6) is 0 Å². The first kappa shape index (κ1) is 29.2. The normalized spacial score (nSPS) is 6.47. The Labute approximate surface area is 99.1 Å². The standard InChI is InChI=1S/C7H10.3C2H6.C2H4/c1-4-6-7(3)5-2;4*1-2/h4-6H,1-2H2,3H3;3*1-2H3;1-2H2/b7-6-;;;;. The van der Waals surface area contributed by atoms with Crippen LogP contribution in [0, 0.1) is 0 Å². The summed E-state index contributed by atoms with van der Waals surface area (Å²) in [4.78, 5) is 0. The van der Waals surface area contributed by atoms with Crippen molar-refractivity contribution in [3.8, 4) is 0 Å². The molecule has 0 nitrogen and oxygen atoms in total. The van der Waals surface area contributed by atoms with Gasteiger partial charge in [0.05, 0.1) is 0 Å². The van der Waals surface area contributed by atoms with E-state index in [1.165, 1.54) is 0 Å². The zero-order valence-corrected chi connectivity index (χ0v) is 12.1. The molecule has 0 aromatic rings. The quantitative estimate of drug-likeness (QED) is 0.378. The van der Waals surface area contributed by atoms with Crippen molar-refractivity contribution < 1.29 is 0 Å². The summed E-state index contributed by atoms with van der Waals surface area (Å²) < 4.78 is 0. The Morgan fingerprint density at radius 3 is 1.13 bits per heavy atom. The van der Waals surface area contributed by atoms with E-state index in [9.17, 15) is 0 Å². The minimum Gasteiger partial charge on any atom is -0.106 e. The van der Waals surface area contributed by atoms with Crippen LogP contribution in [0.2, 0.25) is 0 Å². The number of rotatable bonds is 2. The molecule has 0 bridgehead atoms. The molecule has 0 aliphatic heterocycles. The Hall–Kier alpha value is -1.04. The lowest BCUT2D eigenvalue weighted by atomic mass is 10.3. The van der Waals surface area contributed by atoms with Crippen molar-refractivity contribution in [3.63, 3.8) is 0 Å². The van der Waals surface area contributed by atoms with Gasteiger partial charge in [0.15, 0.2) is 0 Å². The lowest BCUT2D eigenvalue weighted by Crippen LogP contribution is -1.58. The molecule has 0 amide bonds. The molecule has 0 spiro atoms. The Morgan fingerprint density at radius 1 is 0.800 bits per heavy atom.